The molecule has 0 saturated carbocycles. The van der Waals surface area contributed by atoms with E-state index in [9.17, 15) is 10.0 Å². The van der Waals surface area contributed by atoms with E-state index in [1.165, 1.54) is 0 Å². The van der Waals surface area contributed by atoms with Crippen LogP contribution in [0.25, 0.3) is 0 Å². The van der Waals surface area contributed by atoms with Crippen LogP contribution in [0.2, 0.25) is 0 Å². The van der Waals surface area contributed by atoms with Gasteiger partial charge in [0.05, 0.1) is 6.54 Å². The first kappa shape index (κ1) is 13.0. The van der Waals surface area contributed by atoms with E-state index in [0.29, 0.717) is 13.1 Å². The van der Waals surface area contributed by atoms with Gasteiger partial charge in [0.2, 0.25) is 0 Å². The predicted molar refractivity (Wildman–Crippen MR) is 55.5 cm³/mol. The molecule has 0 bridgehead atoms. The summed E-state index contributed by atoms with van der Waals surface area (Å²) in [6.45, 7) is 1.09. The number of hydroxylamine groups is 2. The lowest BCUT2D eigenvalue weighted by molar-refractivity contribution is -0.764. The first-order chi connectivity index (χ1) is 6.22. The summed E-state index contributed by atoms with van der Waals surface area (Å²) in [6.07, 6.45) is 3.84. The number of alkyl halides is 1. The Morgan fingerprint density at radius 2 is 1.92 bits per heavy atom. The second kappa shape index (κ2) is 8.62. The van der Waals surface area contributed by atoms with Gasteiger partial charge in [0.25, 0.3) is 0 Å². The molecule has 3 N–H and O–H groups in total. The van der Waals surface area contributed by atoms with E-state index in [-0.39, 0.29) is 16.3 Å². The van der Waals surface area contributed by atoms with Gasteiger partial charge in [0.15, 0.2) is 0 Å². The lowest BCUT2D eigenvalue weighted by atomic mass is 10.2. The number of hydrogen-bond acceptors (Lipinski definition) is 3. The highest BCUT2D eigenvalue weighted by Gasteiger charge is 2.07. The van der Waals surface area contributed by atoms with Crippen molar-refractivity contribution in [2.45, 2.75) is 25.7 Å². The molecule has 0 aliphatic heterocycles. The lowest BCUT2D eigenvalue weighted by Crippen LogP contribution is -3.10. The fourth-order valence-corrected chi connectivity index (χ4v) is 1.31. The molecule has 1 amide bonds. The lowest BCUT2D eigenvalue weighted by Gasteiger charge is -2.18. The zero-order chi connectivity index (χ0) is 10.1. The molecule has 0 aromatic rings. The Bertz CT molecular complexity index is 144. The molecule has 0 saturated heterocycles. The van der Waals surface area contributed by atoms with Crippen LogP contribution >= 0.6 is 15.9 Å². The normalized spacial score (nSPS) is 12.8. The van der Waals surface area contributed by atoms with Crippen LogP contribution in [0.5, 0.6) is 0 Å². The van der Waals surface area contributed by atoms with Gasteiger partial charge in [-0.15, -0.1) is 0 Å². The number of halogens is 1. The van der Waals surface area contributed by atoms with Gasteiger partial charge in [-0.3, -0.25) is 0 Å². The summed E-state index contributed by atoms with van der Waals surface area (Å²) < 4.78 is 0. The number of unbranched alkanes of at least 4 members (excludes halogenated alkanes) is 3. The SMILES string of the molecule is NCCCCCC[NH+]([O-])C(=O)CBr. The largest absolute Gasteiger partial charge is 0.627 e. The van der Waals surface area contributed by atoms with Crippen molar-refractivity contribution < 1.29 is 9.86 Å². The third-order valence-electron chi connectivity index (χ3n) is 1.79. The van der Waals surface area contributed by atoms with Gasteiger partial charge in [0.1, 0.15) is 5.33 Å². The van der Waals surface area contributed by atoms with Crippen LogP contribution in [0.1, 0.15) is 25.7 Å². The van der Waals surface area contributed by atoms with Crippen molar-refractivity contribution >= 4 is 21.8 Å². The highest BCUT2D eigenvalue weighted by atomic mass is 79.9. The third kappa shape index (κ3) is 7.13. The number of carbonyl (C=O) groups excluding carboxylic acids is 1. The summed E-state index contributed by atoms with van der Waals surface area (Å²) in [4.78, 5) is 10.8. The summed E-state index contributed by atoms with van der Waals surface area (Å²) in [7, 11) is 0. The summed E-state index contributed by atoms with van der Waals surface area (Å²) in [5.41, 5.74) is 5.31. The average molecular weight is 253 g/mol. The minimum atomic E-state index is -0.321. The maximum atomic E-state index is 11.0. The minimum absolute atomic E-state index is 0.147. The monoisotopic (exact) mass is 252 g/mol. The molecular formula is C8H17BrN2O2. The molecule has 0 aromatic heterocycles. The zero-order valence-electron chi connectivity index (χ0n) is 7.72. The summed E-state index contributed by atoms with van der Waals surface area (Å²) in [5.74, 6) is -0.321. The van der Waals surface area contributed by atoms with Crippen molar-refractivity contribution in [1.29, 1.82) is 0 Å². The van der Waals surface area contributed by atoms with E-state index in [0.717, 1.165) is 25.7 Å². The second-order valence-corrected chi connectivity index (χ2v) is 3.49. The molecule has 0 aromatic carbocycles. The number of carbonyl (C=O) groups is 1. The molecule has 13 heavy (non-hydrogen) atoms. The first-order valence-corrected chi connectivity index (χ1v) is 5.66. The van der Waals surface area contributed by atoms with Crippen LogP contribution < -0.4 is 10.8 Å². The molecule has 78 valence electrons. The molecule has 5 heteroatoms. The molecule has 4 nitrogen and oxygen atoms in total. The van der Waals surface area contributed by atoms with Gasteiger partial charge in [-0.25, -0.2) is 4.79 Å². The van der Waals surface area contributed by atoms with Gasteiger partial charge in [0, 0.05) is 0 Å². The zero-order valence-corrected chi connectivity index (χ0v) is 9.31. The predicted octanol–water partition coefficient (Wildman–Crippen LogP) is -0.190. The van der Waals surface area contributed by atoms with E-state index in [1.807, 2.05) is 0 Å². The standard InChI is InChI=1S/C8H17BrN2O2/c9-7-8(12)11(13)6-4-2-1-3-5-10/h11H,1-7,10H2. The number of quaternary nitrogens is 1. The molecule has 0 fully saturated rings. The van der Waals surface area contributed by atoms with Gasteiger partial charge >= 0.3 is 5.91 Å². The highest BCUT2D eigenvalue weighted by molar-refractivity contribution is 9.09. The van der Waals surface area contributed by atoms with Gasteiger partial charge in [-0.1, -0.05) is 22.4 Å². The van der Waals surface area contributed by atoms with Crippen molar-refractivity contribution in [3.63, 3.8) is 0 Å². The van der Waals surface area contributed by atoms with Gasteiger partial charge in [-0.2, -0.15) is 0 Å². The molecular weight excluding hydrogens is 236 g/mol. The van der Waals surface area contributed by atoms with Crippen molar-refractivity contribution in [2.75, 3.05) is 18.4 Å². The average Bonchev–Trinajstić information content (AvgIpc) is 2.16. The summed E-state index contributed by atoms with van der Waals surface area (Å²) in [6, 6.07) is 0. The Morgan fingerprint density at radius 1 is 1.31 bits per heavy atom. The van der Waals surface area contributed by atoms with Crippen molar-refractivity contribution in [3.05, 3.63) is 5.21 Å². The Hall–Kier alpha value is 0.0300. The molecule has 0 aliphatic rings. The van der Waals surface area contributed by atoms with Crippen molar-refractivity contribution in [2.24, 2.45) is 5.73 Å². The number of nitrogens with one attached hydrogen (secondary N) is 1. The van der Waals surface area contributed by atoms with E-state index in [1.54, 1.807) is 0 Å². The van der Waals surface area contributed by atoms with Crippen LogP contribution in [-0.2, 0) is 4.79 Å². The fourth-order valence-electron chi connectivity index (χ4n) is 0.997. The molecule has 1 atom stereocenters. The van der Waals surface area contributed by atoms with E-state index < -0.39 is 0 Å². The molecule has 0 radical (unpaired) electrons. The van der Waals surface area contributed by atoms with Crippen LogP contribution in [-0.4, -0.2) is 24.3 Å². The Balaban J connectivity index is 3.26. The maximum Gasteiger partial charge on any atom is 0.322 e. The number of hydrogen-bond donors (Lipinski definition) is 2. The Labute approximate surface area is 87.2 Å². The van der Waals surface area contributed by atoms with E-state index in [4.69, 9.17) is 5.73 Å². The van der Waals surface area contributed by atoms with Crippen LogP contribution in [0.3, 0.4) is 0 Å². The Morgan fingerprint density at radius 3 is 2.46 bits per heavy atom. The topological polar surface area (TPSA) is 70.6 Å². The number of amides is 1. The van der Waals surface area contributed by atoms with Crippen LogP contribution in [0.4, 0.5) is 0 Å². The molecule has 0 aliphatic carbocycles. The highest BCUT2D eigenvalue weighted by Crippen LogP contribution is 1.95. The van der Waals surface area contributed by atoms with Crippen molar-refractivity contribution in [3.8, 4) is 0 Å². The Kier molecular flexibility index (Phi) is 8.64. The number of nitrogens with two attached hydrogens (primary N) is 1. The minimum Gasteiger partial charge on any atom is -0.627 e. The molecule has 1 unspecified atom stereocenters. The molecule has 0 rings (SSSR count). The summed E-state index contributed by atoms with van der Waals surface area (Å²) >= 11 is 2.96. The fraction of sp³-hybridized carbons (Fsp3) is 0.875. The first-order valence-electron chi connectivity index (χ1n) is 4.54. The van der Waals surface area contributed by atoms with E-state index >= 15 is 0 Å². The molecule has 0 spiro atoms. The maximum absolute atomic E-state index is 11.0. The quantitative estimate of drug-likeness (QED) is 0.375. The van der Waals surface area contributed by atoms with Crippen LogP contribution in [0, 0.1) is 5.21 Å². The van der Waals surface area contributed by atoms with E-state index in [2.05, 4.69) is 15.9 Å². The summed E-state index contributed by atoms with van der Waals surface area (Å²) in [5, 5.41) is 10.9. The molecule has 0 heterocycles. The smallest absolute Gasteiger partial charge is 0.322 e. The van der Waals surface area contributed by atoms with Gasteiger partial charge in [-0.05, 0) is 25.8 Å². The van der Waals surface area contributed by atoms with Crippen molar-refractivity contribution in [1.82, 2.24) is 0 Å². The number of rotatable bonds is 7. The second-order valence-electron chi connectivity index (χ2n) is 2.93. The van der Waals surface area contributed by atoms with Crippen LogP contribution in [0.15, 0.2) is 0 Å². The third-order valence-corrected chi connectivity index (χ3v) is 2.30. The van der Waals surface area contributed by atoms with Gasteiger partial charge < -0.3 is 16.0 Å².